The molecule has 0 saturated heterocycles. The van der Waals surface area contributed by atoms with Crippen LogP contribution in [0.25, 0.3) is 28.2 Å². The number of allylic oxidation sites excluding steroid dienone is 1. The van der Waals surface area contributed by atoms with Crippen LogP contribution in [0.5, 0.6) is 0 Å². The quantitative estimate of drug-likeness (QED) is 0.428. The molecular formula is C17H18N6. The average molecular weight is 306 g/mol. The molecule has 6 nitrogen and oxygen atoms in total. The maximum atomic E-state index is 7.21. The smallest absolute Gasteiger partial charge is 0.149 e. The molecule has 0 radical (unpaired) electrons. The largest absolute Gasteiger partial charge is 0.388 e. The minimum absolute atomic E-state index is 0.168. The van der Waals surface area contributed by atoms with Crippen LogP contribution in [-0.4, -0.2) is 20.8 Å². The first-order valence-electron chi connectivity index (χ1n) is 7.33. The topological polar surface area (TPSA) is 117 Å². The lowest BCUT2D eigenvalue weighted by Gasteiger charge is -2.03. The summed E-state index contributed by atoms with van der Waals surface area (Å²) < 4.78 is 0. The maximum absolute atomic E-state index is 7.21. The third-order valence-corrected chi connectivity index (χ3v) is 3.55. The third kappa shape index (κ3) is 3.21. The number of amidine groups is 1. The molecule has 0 spiro atoms. The zero-order valence-corrected chi connectivity index (χ0v) is 12.6. The molecule has 0 saturated carbocycles. The lowest BCUT2D eigenvalue weighted by molar-refractivity contribution is 1.07. The van der Waals surface area contributed by atoms with Crippen molar-refractivity contribution >= 4 is 28.6 Å². The van der Waals surface area contributed by atoms with Crippen molar-refractivity contribution in [2.24, 2.45) is 5.73 Å². The van der Waals surface area contributed by atoms with Crippen molar-refractivity contribution < 1.29 is 0 Å². The van der Waals surface area contributed by atoms with Crippen LogP contribution in [0.1, 0.15) is 18.5 Å². The van der Waals surface area contributed by atoms with Crippen molar-refractivity contribution in [3.05, 3.63) is 48.4 Å². The molecule has 2 heterocycles. The number of anilines is 1. The molecule has 0 bridgehead atoms. The Morgan fingerprint density at radius 1 is 1.30 bits per heavy atom. The van der Waals surface area contributed by atoms with Crippen LogP contribution >= 0.6 is 0 Å². The third-order valence-electron chi connectivity index (χ3n) is 3.55. The Morgan fingerprint density at radius 2 is 2.13 bits per heavy atom. The van der Waals surface area contributed by atoms with Gasteiger partial charge in [-0.1, -0.05) is 24.3 Å². The number of aromatic amines is 1. The molecule has 6 heteroatoms. The highest BCUT2D eigenvalue weighted by atomic mass is 14.9. The number of nitrogens with zero attached hydrogens (tertiary/aromatic N) is 2. The molecule has 0 unspecified atom stereocenters. The molecule has 0 atom stereocenters. The van der Waals surface area contributed by atoms with Crippen LogP contribution in [0, 0.1) is 5.41 Å². The van der Waals surface area contributed by atoms with Crippen molar-refractivity contribution in [3.8, 4) is 11.3 Å². The minimum Gasteiger partial charge on any atom is -0.388 e. The second kappa shape index (κ2) is 6.31. The van der Waals surface area contributed by atoms with E-state index in [9.17, 15) is 0 Å². The van der Waals surface area contributed by atoms with Gasteiger partial charge in [0.15, 0.2) is 0 Å². The van der Waals surface area contributed by atoms with Gasteiger partial charge in [0.1, 0.15) is 11.5 Å². The zero-order valence-electron chi connectivity index (χ0n) is 12.6. The number of nitrogens with two attached hydrogens (primary N) is 2. The molecule has 2 aromatic heterocycles. The standard InChI is InChI=1S/C17H18N6/c18-16(19)8-4-3-7-14-17(20)22-10-15(23-14)12-9-21-13-6-2-1-5-11(12)13/h1-3,5-7,9-10,21H,4,8H2,(H3,18,19)(H2,20,22)/b7-3+. The van der Waals surface area contributed by atoms with Crippen LogP contribution in [0.15, 0.2) is 42.7 Å². The van der Waals surface area contributed by atoms with E-state index in [4.69, 9.17) is 16.9 Å². The van der Waals surface area contributed by atoms with Gasteiger partial charge in [-0.25, -0.2) is 9.97 Å². The first kappa shape index (κ1) is 14.8. The normalized spacial score (nSPS) is 11.3. The Morgan fingerprint density at radius 3 is 2.96 bits per heavy atom. The molecule has 3 aromatic rings. The summed E-state index contributed by atoms with van der Waals surface area (Å²) in [7, 11) is 0. The number of hydrogen-bond acceptors (Lipinski definition) is 4. The fraction of sp³-hybridized carbons (Fsp3) is 0.118. The van der Waals surface area contributed by atoms with Gasteiger partial charge < -0.3 is 16.5 Å². The second-order valence-electron chi connectivity index (χ2n) is 5.24. The molecule has 0 aliphatic rings. The van der Waals surface area contributed by atoms with Crippen molar-refractivity contribution in [3.63, 3.8) is 0 Å². The minimum atomic E-state index is 0.168. The van der Waals surface area contributed by atoms with Crippen LogP contribution in [-0.2, 0) is 0 Å². The fourth-order valence-corrected chi connectivity index (χ4v) is 2.38. The van der Waals surface area contributed by atoms with E-state index in [0.29, 0.717) is 24.4 Å². The molecular weight excluding hydrogens is 288 g/mol. The Labute approximate surface area is 133 Å². The molecule has 0 aliphatic carbocycles. The van der Waals surface area contributed by atoms with Gasteiger partial charge in [-0.15, -0.1) is 0 Å². The summed E-state index contributed by atoms with van der Waals surface area (Å²) in [5, 5.41) is 8.31. The van der Waals surface area contributed by atoms with Gasteiger partial charge in [0.25, 0.3) is 0 Å². The number of fused-ring (bicyclic) bond motifs is 1. The van der Waals surface area contributed by atoms with E-state index >= 15 is 0 Å². The number of nitrogen functional groups attached to an aromatic ring is 1. The van der Waals surface area contributed by atoms with Crippen molar-refractivity contribution in [1.29, 1.82) is 5.41 Å². The predicted octanol–water partition coefficient (Wildman–Crippen LogP) is 2.94. The average Bonchev–Trinajstić information content (AvgIpc) is 2.97. The van der Waals surface area contributed by atoms with E-state index in [1.807, 2.05) is 42.6 Å². The Hall–Kier alpha value is -3.15. The summed E-state index contributed by atoms with van der Waals surface area (Å²) >= 11 is 0. The number of rotatable bonds is 5. The summed E-state index contributed by atoms with van der Waals surface area (Å²) in [4.78, 5) is 12.1. The Balaban J connectivity index is 1.92. The lowest BCUT2D eigenvalue weighted by Crippen LogP contribution is -2.07. The number of hydrogen-bond donors (Lipinski definition) is 4. The maximum Gasteiger partial charge on any atom is 0.149 e. The zero-order chi connectivity index (χ0) is 16.2. The molecule has 6 N–H and O–H groups in total. The number of H-pyrrole nitrogens is 1. The SMILES string of the molecule is N=C(N)CC/C=C/c1nc(-c2c[nH]c3ccccc23)cnc1N. The van der Waals surface area contributed by atoms with Gasteiger partial charge in [-0.05, 0) is 18.6 Å². The number of aromatic nitrogens is 3. The highest BCUT2D eigenvalue weighted by molar-refractivity contribution is 5.94. The van der Waals surface area contributed by atoms with E-state index < -0.39 is 0 Å². The highest BCUT2D eigenvalue weighted by Crippen LogP contribution is 2.27. The number of para-hydroxylation sites is 1. The molecule has 1 aromatic carbocycles. The van der Waals surface area contributed by atoms with E-state index in [1.54, 1.807) is 6.20 Å². The molecule has 3 rings (SSSR count). The van der Waals surface area contributed by atoms with Gasteiger partial charge in [0, 0.05) is 29.1 Å². The van der Waals surface area contributed by atoms with Crippen LogP contribution in [0.3, 0.4) is 0 Å². The van der Waals surface area contributed by atoms with Crippen LogP contribution < -0.4 is 11.5 Å². The Bertz CT molecular complexity index is 878. The van der Waals surface area contributed by atoms with Gasteiger partial charge in [-0.2, -0.15) is 0 Å². The Kier molecular flexibility index (Phi) is 4.05. The first-order valence-corrected chi connectivity index (χ1v) is 7.33. The molecule has 23 heavy (non-hydrogen) atoms. The van der Waals surface area contributed by atoms with Crippen molar-refractivity contribution in [2.75, 3.05) is 5.73 Å². The summed E-state index contributed by atoms with van der Waals surface area (Å²) in [6, 6.07) is 8.04. The van der Waals surface area contributed by atoms with E-state index in [-0.39, 0.29) is 5.84 Å². The van der Waals surface area contributed by atoms with Gasteiger partial charge in [0.05, 0.1) is 17.7 Å². The number of benzene rings is 1. The second-order valence-corrected chi connectivity index (χ2v) is 5.24. The fourth-order valence-electron chi connectivity index (χ4n) is 2.38. The molecule has 0 aliphatic heterocycles. The van der Waals surface area contributed by atoms with E-state index in [2.05, 4.69) is 15.0 Å². The lowest BCUT2D eigenvalue weighted by atomic mass is 10.1. The summed E-state index contributed by atoms with van der Waals surface area (Å²) in [6.45, 7) is 0. The summed E-state index contributed by atoms with van der Waals surface area (Å²) in [5.41, 5.74) is 14.7. The van der Waals surface area contributed by atoms with Crippen molar-refractivity contribution in [2.45, 2.75) is 12.8 Å². The van der Waals surface area contributed by atoms with Gasteiger partial charge >= 0.3 is 0 Å². The summed E-state index contributed by atoms with van der Waals surface area (Å²) in [6.07, 6.45) is 8.52. The monoisotopic (exact) mass is 306 g/mol. The molecule has 0 fully saturated rings. The summed E-state index contributed by atoms with van der Waals surface area (Å²) in [5.74, 6) is 0.550. The highest BCUT2D eigenvalue weighted by Gasteiger charge is 2.09. The van der Waals surface area contributed by atoms with Crippen LogP contribution in [0.4, 0.5) is 5.82 Å². The van der Waals surface area contributed by atoms with E-state index in [0.717, 1.165) is 22.2 Å². The van der Waals surface area contributed by atoms with Gasteiger partial charge in [0.2, 0.25) is 0 Å². The van der Waals surface area contributed by atoms with Crippen molar-refractivity contribution in [1.82, 2.24) is 15.0 Å². The predicted molar refractivity (Wildman–Crippen MR) is 93.9 cm³/mol. The van der Waals surface area contributed by atoms with Gasteiger partial charge in [-0.3, -0.25) is 5.41 Å². The first-order chi connectivity index (χ1) is 11.1. The number of nitrogens with one attached hydrogen (secondary N) is 2. The molecule has 116 valence electrons. The molecule has 0 amide bonds. The van der Waals surface area contributed by atoms with Crippen LogP contribution in [0.2, 0.25) is 0 Å². The van der Waals surface area contributed by atoms with E-state index in [1.165, 1.54) is 0 Å².